The number of carbonyl (C=O) groups excluding carboxylic acids is 1. The van der Waals surface area contributed by atoms with Crippen molar-refractivity contribution < 1.29 is 13.2 Å². The first-order chi connectivity index (χ1) is 14.4. The molecule has 1 amide bonds. The standard InChI is InChI=1S/C23H25N3O3S/c1-17(2)18-7-10-20(11-8-18)30(28,29)26-15-13-25(14-16-26)23(27)22-12-9-19-5-3-4-6-21(19)24-22/h3-12,17H,13-16H2,1-2H3. The van der Waals surface area contributed by atoms with Gasteiger partial charge in [0.15, 0.2) is 0 Å². The van der Waals surface area contributed by atoms with Crippen molar-refractivity contribution in [2.24, 2.45) is 0 Å². The Kier molecular flexibility index (Phi) is 5.58. The second-order valence-electron chi connectivity index (χ2n) is 7.81. The van der Waals surface area contributed by atoms with Gasteiger partial charge < -0.3 is 4.90 Å². The number of hydrogen-bond acceptors (Lipinski definition) is 4. The van der Waals surface area contributed by atoms with E-state index < -0.39 is 10.0 Å². The molecule has 4 rings (SSSR count). The number of para-hydroxylation sites is 1. The SMILES string of the molecule is CC(C)c1ccc(S(=O)(=O)N2CCN(C(=O)c3ccc4ccccc4n3)CC2)cc1. The van der Waals surface area contributed by atoms with Crippen molar-refractivity contribution in [2.45, 2.75) is 24.7 Å². The maximum atomic E-state index is 13.0. The molecular weight excluding hydrogens is 398 g/mol. The Morgan fingerprint density at radius 2 is 1.57 bits per heavy atom. The van der Waals surface area contributed by atoms with Crippen LogP contribution in [-0.2, 0) is 10.0 Å². The van der Waals surface area contributed by atoms with E-state index in [0.717, 1.165) is 16.5 Å². The molecule has 2 heterocycles. The molecule has 1 aliphatic rings. The lowest BCUT2D eigenvalue weighted by Crippen LogP contribution is -2.50. The van der Waals surface area contributed by atoms with Crippen LogP contribution >= 0.6 is 0 Å². The van der Waals surface area contributed by atoms with E-state index >= 15 is 0 Å². The Bertz CT molecular complexity index is 1170. The van der Waals surface area contributed by atoms with Crippen LogP contribution in [0, 0.1) is 0 Å². The number of sulfonamides is 1. The first-order valence-corrected chi connectivity index (χ1v) is 11.6. The van der Waals surface area contributed by atoms with Gasteiger partial charge in [0.25, 0.3) is 5.91 Å². The largest absolute Gasteiger partial charge is 0.335 e. The highest BCUT2D eigenvalue weighted by Gasteiger charge is 2.30. The molecule has 2 aromatic carbocycles. The zero-order valence-corrected chi connectivity index (χ0v) is 18.0. The predicted octanol–water partition coefficient (Wildman–Crippen LogP) is 3.50. The van der Waals surface area contributed by atoms with E-state index in [1.807, 2.05) is 42.5 Å². The number of piperazine rings is 1. The molecule has 1 aromatic heterocycles. The van der Waals surface area contributed by atoms with E-state index in [1.54, 1.807) is 23.1 Å². The lowest BCUT2D eigenvalue weighted by Gasteiger charge is -2.33. The Hall–Kier alpha value is -2.77. The molecule has 0 bridgehead atoms. The molecule has 1 aliphatic heterocycles. The predicted molar refractivity (Wildman–Crippen MR) is 117 cm³/mol. The lowest BCUT2D eigenvalue weighted by molar-refractivity contribution is 0.0692. The van der Waals surface area contributed by atoms with E-state index in [4.69, 9.17) is 0 Å². The minimum absolute atomic E-state index is 0.168. The molecule has 1 saturated heterocycles. The van der Waals surface area contributed by atoms with Crippen LogP contribution in [0.4, 0.5) is 0 Å². The molecule has 0 unspecified atom stereocenters. The summed E-state index contributed by atoms with van der Waals surface area (Å²) in [5.74, 6) is 0.180. The maximum Gasteiger partial charge on any atom is 0.272 e. The fourth-order valence-electron chi connectivity index (χ4n) is 3.65. The van der Waals surface area contributed by atoms with Gasteiger partial charge in [0.05, 0.1) is 10.4 Å². The van der Waals surface area contributed by atoms with Gasteiger partial charge in [0.1, 0.15) is 5.69 Å². The van der Waals surface area contributed by atoms with Gasteiger partial charge in [-0.25, -0.2) is 13.4 Å². The first-order valence-electron chi connectivity index (χ1n) is 10.1. The Labute approximate surface area is 177 Å². The van der Waals surface area contributed by atoms with Crippen LogP contribution in [0.15, 0.2) is 65.6 Å². The van der Waals surface area contributed by atoms with Gasteiger partial charge in [-0.05, 0) is 35.7 Å². The van der Waals surface area contributed by atoms with Crippen LogP contribution in [0.3, 0.4) is 0 Å². The van der Waals surface area contributed by atoms with Crippen molar-refractivity contribution in [3.05, 3.63) is 71.9 Å². The molecule has 0 saturated carbocycles. The lowest BCUT2D eigenvalue weighted by atomic mass is 10.0. The van der Waals surface area contributed by atoms with Crippen molar-refractivity contribution in [3.63, 3.8) is 0 Å². The Morgan fingerprint density at radius 3 is 2.23 bits per heavy atom. The highest BCUT2D eigenvalue weighted by atomic mass is 32.2. The van der Waals surface area contributed by atoms with Gasteiger partial charge in [-0.15, -0.1) is 0 Å². The van der Waals surface area contributed by atoms with Gasteiger partial charge in [0.2, 0.25) is 10.0 Å². The van der Waals surface area contributed by atoms with Crippen LogP contribution in [0.1, 0.15) is 35.8 Å². The van der Waals surface area contributed by atoms with Crippen LogP contribution in [0.5, 0.6) is 0 Å². The average molecular weight is 424 g/mol. The van der Waals surface area contributed by atoms with Crippen LogP contribution in [0.2, 0.25) is 0 Å². The highest BCUT2D eigenvalue weighted by molar-refractivity contribution is 7.89. The molecule has 3 aromatic rings. The van der Waals surface area contributed by atoms with E-state index in [1.165, 1.54) is 4.31 Å². The highest BCUT2D eigenvalue weighted by Crippen LogP contribution is 2.22. The van der Waals surface area contributed by atoms with Gasteiger partial charge >= 0.3 is 0 Å². The number of fused-ring (bicyclic) bond motifs is 1. The van der Waals surface area contributed by atoms with Gasteiger partial charge in [0, 0.05) is 31.6 Å². The minimum Gasteiger partial charge on any atom is -0.335 e. The minimum atomic E-state index is -3.57. The second-order valence-corrected chi connectivity index (χ2v) is 9.75. The van der Waals surface area contributed by atoms with Gasteiger partial charge in [-0.3, -0.25) is 4.79 Å². The number of hydrogen-bond donors (Lipinski definition) is 0. The van der Waals surface area contributed by atoms with Crippen molar-refractivity contribution >= 4 is 26.8 Å². The van der Waals surface area contributed by atoms with Crippen LogP contribution in [-0.4, -0.2) is 54.7 Å². The Morgan fingerprint density at radius 1 is 0.900 bits per heavy atom. The molecule has 1 fully saturated rings. The number of carbonyl (C=O) groups is 1. The summed E-state index contributed by atoms with van der Waals surface area (Å²) >= 11 is 0. The number of nitrogens with zero attached hydrogens (tertiary/aromatic N) is 3. The molecule has 7 heteroatoms. The molecule has 0 spiro atoms. The molecule has 0 N–H and O–H groups in total. The van der Waals surface area contributed by atoms with E-state index in [9.17, 15) is 13.2 Å². The molecule has 30 heavy (non-hydrogen) atoms. The maximum absolute atomic E-state index is 13.0. The van der Waals surface area contributed by atoms with Crippen molar-refractivity contribution in [1.29, 1.82) is 0 Å². The topological polar surface area (TPSA) is 70.6 Å². The number of amides is 1. The summed E-state index contributed by atoms with van der Waals surface area (Å²) in [6, 6.07) is 18.3. The van der Waals surface area contributed by atoms with Crippen molar-refractivity contribution in [3.8, 4) is 0 Å². The summed E-state index contributed by atoms with van der Waals surface area (Å²) in [5.41, 5.74) is 2.26. The summed E-state index contributed by atoms with van der Waals surface area (Å²) < 4.78 is 27.4. The van der Waals surface area contributed by atoms with Crippen molar-refractivity contribution in [2.75, 3.05) is 26.2 Å². The fraction of sp³-hybridized carbons (Fsp3) is 0.304. The number of rotatable bonds is 4. The summed E-state index contributed by atoms with van der Waals surface area (Å²) in [6.45, 7) is 5.38. The number of aromatic nitrogens is 1. The van der Waals surface area contributed by atoms with Gasteiger partial charge in [-0.1, -0.05) is 50.2 Å². The zero-order chi connectivity index (χ0) is 21.3. The van der Waals surface area contributed by atoms with E-state index in [2.05, 4.69) is 18.8 Å². The summed E-state index contributed by atoms with van der Waals surface area (Å²) in [5, 5.41) is 0.980. The molecule has 0 atom stereocenters. The third-order valence-corrected chi connectivity index (χ3v) is 7.44. The van der Waals surface area contributed by atoms with Crippen LogP contribution < -0.4 is 0 Å². The fourth-order valence-corrected chi connectivity index (χ4v) is 5.07. The quantitative estimate of drug-likeness (QED) is 0.644. The average Bonchev–Trinajstić information content (AvgIpc) is 2.78. The molecule has 0 aliphatic carbocycles. The Balaban J connectivity index is 1.45. The third kappa shape index (κ3) is 3.95. The second kappa shape index (κ2) is 8.16. The van der Waals surface area contributed by atoms with E-state index in [-0.39, 0.29) is 19.0 Å². The monoisotopic (exact) mass is 423 g/mol. The zero-order valence-electron chi connectivity index (χ0n) is 17.2. The summed E-state index contributed by atoms with van der Waals surface area (Å²) in [4.78, 5) is 19.3. The van der Waals surface area contributed by atoms with Crippen molar-refractivity contribution in [1.82, 2.24) is 14.2 Å². The third-order valence-electron chi connectivity index (χ3n) is 5.53. The molecule has 0 radical (unpaired) electrons. The molecular formula is C23H25N3O3S. The van der Waals surface area contributed by atoms with Crippen LogP contribution in [0.25, 0.3) is 10.9 Å². The first kappa shape index (κ1) is 20.5. The summed E-state index contributed by atoms with van der Waals surface area (Å²) in [7, 11) is -3.57. The number of benzene rings is 2. The summed E-state index contributed by atoms with van der Waals surface area (Å²) in [6.07, 6.45) is 0. The van der Waals surface area contributed by atoms with E-state index in [0.29, 0.717) is 29.6 Å². The van der Waals surface area contributed by atoms with Gasteiger partial charge in [-0.2, -0.15) is 4.31 Å². The number of pyridine rings is 1. The normalized spacial score (nSPS) is 15.6. The molecule has 6 nitrogen and oxygen atoms in total. The smallest absolute Gasteiger partial charge is 0.272 e. The molecule has 156 valence electrons.